The number of carbonyl (C=O) groups excluding carboxylic acids is 1. The molecule has 1 amide bonds. The van der Waals surface area contributed by atoms with Gasteiger partial charge in [0.2, 0.25) is 5.91 Å². The molecule has 0 saturated carbocycles. The summed E-state index contributed by atoms with van der Waals surface area (Å²) in [4.78, 5) is 13.4. The van der Waals surface area contributed by atoms with Crippen LogP contribution in [0.1, 0.15) is 18.1 Å². The monoisotopic (exact) mass is 285 g/mol. The zero-order valence-electron chi connectivity index (χ0n) is 12.0. The van der Waals surface area contributed by atoms with Crippen LogP contribution in [0.15, 0.2) is 53.4 Å². The third-order valence-corrected chi connectivity index (χ3v) is 4.27. The summed E-state index contributed by atoms with van der Waals surface area (Å²) in [7, 11) is 0. The van der Waals surface area contributed by atoms with E-state index in [0.29, 0.717) is 0 Å². The van der Waals surface area contributed by atoms with Crippen molar-refractivity contribution in [3.8, 4) is 0 Å². The maximum atomic E-state index is 12.3. The highest BCUT2D eigenvalue weighted by Crippen LogP contribution is 2.25. The Labute approximate surface area is 124 Å². The van der Waals surface area contributed by atoms with Crippen molar-refractivity contribution in [2.24, 2.45) is 0 Å². The third-order valence-electron chi connectivity index (χ3n) is 3.15. The Balaban J connectivity index is 2.05. The van der Waals surface area contributed by atoms with E-state index in [1.165, 1.54) is 0 Å². The molecule has 0 aromatic heterocycles. The number of para-hydroxylation sites is 1. The molecule has 20 heavy (non-hydrogen) atoms. The second-order valence-corrected chi connectivity index (χ2v) is 6.24. The number of nitrogens with one attached hydrogen (secondary N) is 1. The number of aryl methyl sites for hydroxylation is 2. The van der Waals surface area contributed by atoms with E-state index < -0.39 is 0 Å². The molecule has 3 heteroatoms. The quantitative estimate of drug-likeness (QED) is 0.842. The lowest BCUT2D eigenvalue weighted by Gasteiger charge is -2.15. The van der Waals surface area contributed by atoms with Gasteiger partial charge in [0.1, 0.15) is 0 Å². The Hall–Kier alpha value is -1.74. The van der Waals surface area contributed by atoms with Crippen LogP contribution >= 0.6 is 11.8 Å². The molecule has 2 aromatic carbocycles. The average Bonchev–Trinajstić information content (AvgIpc) is 2.44. The fraction of sp³-hybridized carbons (Fsp3) is 0.235. The van der Waals surface area contributed by atoms with E-state index in [1.807, 2.05) is 69.3 Å². The molecular formula is C17H19NOS. The molecule has 2 rings (SSSR count). The Bertz CT molecular complexity index is 575. The van der Waals surface area contributed by atoms with Crippen LogP contribution in [-0.4, -0.2) is 11.2 Å². The van der Waals surface area contributed by atoms with E-state index >= 15 is 0 Å². The molecule has 1 atom stereocenters. The fourth-order valence-electron chi connectivity index (χ4n) is 1.99. The molecule has 0 spiro atoms. The van der Waals surface area contributed by atoms with Crippen molar-refractivity contribution in [3.63, 3.8) is 0 Å². The zero-order chi connectivity index (χ0) is 14.5. The number of hydrogen-bond acceptors (Lipinski definition) is 2. The van der Waals surface area contributed by atoms with Crippen LogP contribution in [0.4, 0.5) is 5.69 Å². The number of carbonyl (C=O) groups is 1. The van der Waals surface area contributed by atoms with E-state index in [4.69, 9.17) is 0 Å². The predicted octanol–water partition coefficient (Wildman–Crippen LogP) is 4.42. The molecule has 0 radical (unpaired) electrons. The lowest BCUT2D eigenvalue weighted by molar-refractivity contribution is -0.115. The molecule has 0 fully saturated rings. The second kappa shape index (κ2) is 6.62. The first-order valence-electron chi connectivity index (χ1n) is 6.66. The van der Waals surface area contributed by atoms with Crippen LogP contribution in [0.5, 0.6) is 0 Å². The van der Waals surface area contributed by atoms with Gasteiger partial charge >= 0.3 is 0 Å². The molecule has 0 aliphatic carbocycles. The Morgan fingerprint density at radius 2 is 1.60 bits per heavy atom. The SMILES string of the molecule is Cc1cccc(C)c1NC(=O)[C@H](C)Sc1ccccc1. The van der Waals surface area contributed by atoms with E-state index in [9.17, 15) is 4.79 Å². The van der Waals surface area contributed by atoms with Crippen molar-refractivity contribution in [2.75, 3.05) is 5.32 Å². The summed E-state index contributed by atoms with van der Waals surface area (Å²) in [6, 6.07) is 16.0. The van der Waals surface area contributed by atoms with Gasteiger partial charge in [-0.05, 0) is 44.0 Å². The molecule has 1 N–H and O–H groups in total. The van der Waals surface area contributed by atoms with Crippen LogP contribution in [0.2, 0.25) is 0 Å². The maximum Gasteiger partial charge on any atom is 0.237 e. The predicted molar refractivity (Wildman–Crippen MR) is 86.3 cm³/mol. The van der Waals surface area contributed by atoms with Gasteiger partial charge in [-0.15, -0.1) is 11.8 Å². The average molecular weight is 285 g/mol. The molecule has 0 bridgehead atoms. The second-order valence-electron chi connectivity index (χ2n) is 4.83. The van der Waals surface area contributed by atoms with Gasteiger partial charge in [-0.2, -0.15) is 0 Å². The van der Waals surface area contributed by atoms with Crippen LogP contribution in [-0.2, 0) is 4.79 Å². The van der Waals surface area contributed by atoms with Crippen molar-refractivity contribution in [3.05, 3.63) is 59.7 Å². The number of anilines is 1. The molecule has 104 valence electrons. The minimum Gasteiger partial charge on any atom is -0.325 e. The van der Waals surface area contributed by atoms with Crippen molar-refractivity contribution >= 4 is 23.4 Å². The van der Waals surface area contributed by atoms with Crippen molar-refractivity contribution < 1.29 is 4.79 Å². The number of thioether (sulfide) groups is 1. The molecule has 0 heterocycles. The van der Waals surface area contributed by atoms with Crippen molar-refractivity contribution in [1.82, 2.24) is 0 Å². The van der Waals surface area contributed by atoms with Crippen LogP contribution in [0.25, 0.3) is 0 Å². The summed E-state index contributed by atoms with van der Waals surface area (Å²) >= 11 is 1.57. The van der Waals surface area contributed by atoms with Crippen LogP contribution in [0, 0.1) is 13.8 Å². The highest BCUT2D eigenvalue weighted by atomic mass is 32.2. The number of rotatable bonds is 4. The molecule has 2 nitrogen and oxygen atoms in total. The first-order valence-corrected chi connectivity index (χ1v) is 7.54. The summed E-state index contributed by atoms with van der Waals surface area (Å²) in [6.45, 7) is 5.95. The zero-order valence-corrected chi connectivity index (χ0v) is 12.8. The van der Waals surface area contributed by atoms with Crippen molar-refractivity contribution in [1.29, 1.82) is 0 Å². The van der Waals surface area contributed by atoms with Gasteiger partial charge in [-0.25, -0.2) is 0 Å². The maximum absolute atomic E-state index is 12.3. The normalized spacial score (nSPS) is 11.9. The number of amides is 1. The van der Waals surface area contributed by atoms with Gasteiger partial charge in [0.15, 0.2) is 0 Å². The minimum atomic E-state index is -0.128. The van der Waals surface area contributed by atoms with Crippen LogP contribution < -0.4 is 5.32 Å². The van der Waals surface area contributed by atoms with Gasteiger partial charge in [0.05, 0.1) is 5.25 Å². The summed E-state index contributed by atoms with van der Waals surface area (Å²) in [6.07, 6.45) is 0. The largest absolute Gasteiger partial charge is 0.325 e. The molecular weight excluding hydrogens is 266 g/mol. The smallest absolute Gasteiger partial charge is 0.237 e. The Kier molecular flexibility index (Phi) is 4.85. The van der Waals surface area contributed by atoms with E-state index in [-0.39, 0.29) is 11.2 Å². The first kappa shape index (κ1) is 14.7. The van der Waals surface area contributed by atoms with E-state index in [1.54, 1.807) is 11.8 Å². The highest BCUT2D eigenvalue weighted by molar-refractivity contribution is 8.00. The third kappa shape index (κ3) is 3.64. The Morgan fingerprint density at radius 1 is 1.00 bits per heavy atom. The summed E-state index contributed by atoms with van der Waals surface area (Å²) < 4.78 is 0. The van der Waals surface area contributed by atoms with Gasteiger partial charge in [-0.1, -0.05) is 36.4 Å². The molecule has 0 aliphatic rings. The molecule has 0 saturated heterocycles. The molecule has 0 aliphatic heterocycles. The lowest BCUT2D eigenvalue weighted by atomic mass is 10.1. The van der Waals surface area contributed by atoms with E-state index in [2.05, 4.69) is 5.32 Å². The summed E-state index contributed by atoms with van der Waals surface area (Å²) in [5.74, 6) is 0.0382. The number of benzene rings is 2. The highest BCUT2D eigenvalue weighted by Gasteiger charge is 2.16. The number of hydrogen-bond donors (Lipinski definition) is 1. The van der Waals surface area contributed by atoms with Gasteiger partial charge in [0.25, 0.3) is 0 Å². The van der Waals surface area contributed by atoms with Gasteiger partial charge in [-0.3, -0.25) is 4.79 Å². The lowest BCUT2D eigenvalue weighted by Crippen LogP contribution is -2.23. The fourth-order valence-corrected chi connectivity index (χ4v) is 2.88. The minimum absolute atomic E-state index is 0.0382. The first-order chi connectivity index (χ1) is 9.58. The topological polar surface area (TPSA) is 29.1 Å². The van der Waals surface area contributed by atoms with Crippen LogP contribution in [0.3, 0.4) is 0 Å². The molecule has 0 unspecified atom stereocenters. The van der Waals surface area contributed by atoms with Crippen molar-refractivity contribution in [2.45, 2.75) is 30.9 Å². The summed E-state index contributed by atoms with van der Waals surface area (Å²) in [5, 5.41) is 2.91. The standard InChI is InChI=1S/C17H19NOS/c1-12-8-7-9-13(2)16(12)18-17(19)14(3)20-15-10-5-4-6-11-15/h4-11,14H,1-3H3,(H,18,19)/t14-/m0/s1. The van der Waals surface area contributed by atoms with Gasteiger partial charge < -0.3 is 5.32 Å². The summed E-state index contributed by atoms with van der Waals surface area (Å²) in [5.41, 5.74) is 3.11. The Morgan fingerprint density at radius 3 is 2.20 bits per heavy atom. The van der Waals surface area contributed by atoms with E-state index in [0.717, 1.165) is 21.7 Å². The van der Waals surface area contributed by atoms with Gasteiger partial charge in [0, 0.05) is 10.6 Å². The molecule has 2 aromatic rings.